The number of nitrogen functional groups attached to an aromatic ring is 1. The Morgan fingerprint density at radius 2 is 1.81 bits per heavy atom. The maximum atomic E-state index is 12.3. The van der Waals surface area contributed by atoms with Crippen LogP contribution in [0.5, 0.6) is 0 Å². The number of benzene rings is 2. The average molecular weight is 284 g/mol. The van der Waals surface area contributed by atoms with E-state index in [0.29, 0.717) is 11.3 Å². The SMILES string of the molecule is Cc1cccc(C(=O)Nc2cc(N)ccc2C(=O)O)c1C. The number of nitrogens with one attached hydrogen (secondary N) is 1. The summed E-state index contributed by atoms with van der Waals surface area (Å²) in [4.78, 5) is 23.5. The number of carbonyl (C=O) groups excluding carboxylic acids is 1. The summed E-state index contributed by atoms with van der Waals surface area (Å²) in [6.45, 7) is 3.76. The average Bonchev–Trinajstić information content (AvgIpc) is 2.41. The van der Waals surface area contributed by atoms with Crippen LogP contribution < -0.4 is 11.1 Å². The van der Waals surface area contributed by atoms with Crippen LogP contribution >= 0.6 is 0 Å². The Morgan fingerprint density at radius 1 is 1.10 bits per heavy atom. The summed E-state index contributed by atoms with van der Waals surface area (Å²) >= 11 is 0. The van der Waals surface area contributed by atoms with Gasteiger partial charge in [0.15, 0.2) is 0 Å². The summed E-state index contributed by atoms with van der Waals surface area (Å²) in [7, 11) is 0. The number of nitrogens with two attached hydrogens (primary N) is 1. The van der Waals surface area contributed by atoms with E-state index < -0.39 is 5.97 Å². The number of carboxylic acids is 1. The highest BCUT2D eigenvalue weighted by Gasteiger charge is 2.15. The number of hydrogen-bond donors (Lipinski definition) is 3. The maximum Gasteiger partial charge on any atom is 0.337 e. The lowest BCUT2D eigenvalue weighted by atomic mass is 10.0. The lowest BCUT2D eigenvalue weighted by Crippen LogP contribution is -2.16. The number of carboxylic acid groups (broad SMARTS) is 1. The van der Waals surface area contributed by atoms with Gasteiger partial charge in [-0.05, 0) is 49.2 Å². The first kappa shape index (κ1) is 14.6. The second-order valence-corrected chi connectivity index (χ2v) is 4.81. The number of carbonyl (C=O) groups is 2. The Bertz CT molecular complexity index is 723. The van der Waals surface area contributed by atoms with Gasteiger partial charge >= 0.3 is 5.97 Å². The molecule has 5 heteroatoms. The van der Waals surface area contributed by atoms with Crippen LogP contribution in [0.3, 0.4) is 0 Å². The zero-order chi connectivity index (χ0) is 15.6. The molecular formula is C16H16N2O3. The third-order valence-electron chi connectivity index (χ3n) is 3.37. The second-order valence-electron chi connectivity index (χ2n) is 4.81. The molecule has 2 aromatic rings. The van der Waals surface area contributed by atoms with Gasteiger partial charge < -0.3 is 16.2 Å². The minimum atomic E-state index is -1.12. The van der Waals surface area contributed by atoms with E-state index in [4.69, 9.17) is 10.8 Å². The molecule has 108 valence electrons. The Morgan fingerprint density at radius 3 is 2.48 bits per heavy atom. The van der Waals surface area contributed by atoms with E-state index in [1.165, 1.54) is 18.2 Å². The van der Waals surface area contributed by atoms with E-state index in [-0.39, 0.29) is 17.2 Å². The predicted molar refractivity (Wildman–Crippen MR) is 81.7 cm³/mol. The van der Waals surface area contributed by atoms with Crippen LogP contribution in [0.15, 0.2) is 36.4 Å². The number of hydrogen-bond acceptors (Lipinski definition) is 3. The normalized spacial score (nSPS) is 10.2. The molecule has 0 bridgehead atoms. The molecule has 0 heterocycles. The van der Waals surface area contributed by atoms with E-state index >= 15 is 0 Å². The van der Waals surface area contributed by atoms with Crippen LogP contribution in [0.2, 0.25) is 0 Å². The number of anilines is 2. The van der Waals surface area contributed by atoms with Gasteiger partial charge in [-0.25, -0.2) is 4.79 Å². The van der Waals surface area contributed by atoms with Gasteiger partial charge in [-0.15, -0.1) is 0 Å². The molecule has 0 aliphatic carbocycles. The van der Waals surface area contributed by atoms with Gasteiger partial charge in [0.05, 0.1) is 11.3 Å². The molecule has 1 amide bonds. The maximum absolute atomic E-state index is 12.3. The molecule has 5 nitrogen and oxygen atoms in total. The Hall–Kier alpha value is -2.82. The van der Waals surface area contributed by atoms with Crippen LogP contribution in [0.1, 0.15) is 31.8 Å². The molecule has 0 aliphatic rings. The van der Waals surface area contributed by atoms with E-state index in [9.17, 15) is 9.59 Å². The fourth-order valence-electron chi connectivity index (χ4n) is 2.04. The van der Waals surface area contributed by atoms with Gasteiger partial charge in [0.1, 0.15) is 0 Å². The third kappa shape index (κ3) is 3.02. The number of aromatic carboxylic acids is 1. The van der Waals surface area contributed by atoms with E-state index in [1.807, 2.05) is 19.9 Å². The Balaban J connectivity index is 2.38. The fraction of sp³-hybridized carbons (Fsp3) is 0.125. The van der Waals surface area contributed by atoms with Crippen LogP contribution in [-0.2, 0) is 0 Å². The van der Waals surface area contributed by atoms with Crippen molar-refractivity contribution < 1.29 is 14.7 Å². The molecule has 21 heavy (non-hydrogen) atoms. The molecule has 0 unspecified atom stereocenters. The first-order valence-corrected chi connectivity index (χ1v) is 6.40. The summed E-state index contributed by atoms with van der Waals surface area (Å²) in [6.07, 6.45) is 0. The smallest absolute Gasteiger partial charge is 0.337 e. The molecule has 0 saturated carbocycles. The molecule has 2 rings (SSSR count). The third-order valence-corrected chi connectivity index (χ3v) is 3.37. The van der Waals surface area contributed by atoms with Gasteiger partial charge in [0.2, 0.25) is 0 Å². The van der Waals surface area contributed by atoms with Crippen molar-refractivity contribution in [1.82, 2.24) is 0 Å². The zero-order valence-electron chi connectivity index (χ0n) is 11.8. The quantitative estimate of drug-likeness (QED) is 0.756. The number of aryl methyl sites for hydroxylation is 1. The molecular weight excluding hydrogens is 268 g/mol. The topological polar surface area (TPSA) is 92.4 Å². The molecule has 0 radical (unpaired) electrons. The standard InChI is InChI=1S/C16H16N2O3/c1-9-4-3-5-12(10(9)2)15(19)18-14-8-11(17)6-7-13(14)16(20)21/h3-8H,17H2,1-2H3,(H,18,19)(H,20,21). The summed E-state index contributed by atoms with van der Waals surface area (Å²) in [5.74, 6) is -1.48. The molecule has 2 aromatic carbocycles. The summed E-state index contributed by atoms with van der Waals surface area (Å²) in [5.41, 5.74) is 8.59. The van der Waals surface area contributed by atoms with Gasteiger partial charge in [0.25, 0.3) is 5.91 Å². The summed E-state index contributed by atoms with van der Waals surface area (Å²) in [6, 6.07) is 9.69. The second kappa shape index (κ2) is 5.66. The molecule has 0 aliphatic heterocycles. The van der Waals surface area contributed by atoms with Crippen molar-refractivity contribution >= 4 is 23.3 Å². The van der Waals surface area contributed by atoms with Crippen molar-refractivity contribution in [3.63, 3.8) is 0 Å². The van der Waals surface area contributed by atoms with Crippen molar-refractivity contribution in [3.05, 3.63) is 58.7 Å². The summed E-state index contributed by atoms with van der Waals surface area (Å²) in [5, 5.41) is 11.8. The minimum Gasteiger partial charge on any atom is -0.478 e. The van der Waals surface area contributed by atoms with Crippen LogP contribution in [0.4, 0.5) is 11.4 Å². The number of amides is 1. The van der Waals surface area contributed by atoms with Gasteiger partial charge in [-0.3, -0.25) is 4.79 Å². The number of rotatable bonds is 3. The Labute approximate surface area is 122 Å². The molecule has 0 spiro atoms. The lowest BCUT2D eigenvalue weighted by molar-refractivity contribution is 0.0698. The van der Waals surface area contributed by atoms with E-state index in [2.05, 4.69) is 5.32 Å². The first-order chi connectivity index (χ1) is 9.90. The highest BCUT2D eigenvalue weighted by Crippen LogP contribution is 2.21. The van der Waals surface area contributed by atoms with Crippen LogP contribution in [-0.4, -0.2) is 17.0 Å². The minimum absolute atomic E-state index is 0.00264. The highest BCUT2D eigenvalue weighted by atomic mass is 16.4. The lowest BCUT2D eigenvalue weighted by Gasteiger charge is -2.12. The van der Waals surface area contributed by atoms with E-state index in [1.54, 1.807) is 12.1 Å². The van der Waals surface area contributed by atoms with Crippen LogP contribution in [0.25, 0.3) is 0 Å². The van der Waals surface area contributed by atoms with Gasteiger partial charge in [-0.1, -0.05) is 12.1 Å². The van der Waals surface area contributed by atoms with Gasteiger partial charge in [0, 0.05) is 11.3 Å². The predicted octanol–water partition coefficient (Wildman–Crippen LogP) is 2.84. The fourth-order valence-corrected chi connectivity index (χ4v) is 2.04. The van der Waals surface area contributed by atoms with Crippen molar-refractivity contribution in [2.24, 2.45) is 0 Å². The van der Waals surface area contributed by atoms with Crippen molar-refractivity contribution in [1.29, 1.82) is 0 Å². The molecule has 0 saturated heterocycles. The van der Waals surface area contributed by atoms with Crippen molar-refractivity contribution in [3.8, 4) is 0 Å². The largest absolute Gasteiger partial charge is 0.478 e. The van der Waals surface area contributed by atoms with Gasteiger partial charge in [-0.2, -0.15) is 0 Å². The zero-order valence-corrected chi connectivity index (χ0v) is 11.8. The molecule has 0 fully saturated rings. The molecule has 0 aromatic heterocycles. The highest BCUT2D eigenvalue weighted by molar-refractivity contribution is 6.08. The van der Waals surface area contributed by atoms with Crippen molar-refractivity contribution in [2.75, 3.05) is 11.1 Å². The first-order valence-electron chi connectivity index (χ1n) is 6.40. The summed E-state index contributed by atoms with van der Waals surface area (Å²) < 4.78 is 0. The van der Waals surface area contributed by atoms with Crippen molar-refractivity contribution in [2.45, 2.75) is 13.8 Å². The monoisotopic (exact) mass is 284 g/mol. The Kier molecular flexibility index (Phi) is 3.93. The molecule has 0 atom stereocenters. The van der Waals surface area contributed by atoms with E-state index in [0.717, 1.165) is 11.1 Å². The van der Waals surface area contributed by atoms with Crippen LogP contribution in [0, 0.1) is 13.8 Å². The molecule has 4 N–H and O–H groups in total.